The summed E-state index contributed by atoms with van der Waals surface area (Å²) < 4.78 is 11.1. The summed E-state index contributed by atoms with van der Waals surface area (Å²) in [5.41, 5.74) is 15.5. The molecule has 0 bridgehead atoms. The van der Waals surface area contributed by atoms with Crippen molar-refractivity contribution in [1.29, 1.82) is 0 Å². The van der Waals surface area contributed by atoms with Crippen molar-refractivity contribution >= 4 is 23.3 Å². The number of nitrogens with two attached hydrogens (primary N) is 2. The Morgan fingerprint density at radius 3 is 2.50 bits per heavy atom. The van der Waals surface area contributed by atoms with Crippen LogP contribution in [0.1, 0.15) is 111 Å². The molecule has 0 saturated heterocycles. The summed E-state index contributed by atoms with van der Waals surface area (Å²) in [4.78, 5) is 24.8. The number of benzene rings is 1. The highest BCUT2D eigenvalue weighted by molar-refractivity contribution is 5.91. The average molecular weight is 605 g/mol. The Balaban J connectivity index is 1.14. The molecule has 5 rings (SSSR count). The van der Waals surface area contributed by atoms with Gasteiger partial charge in [0.25, 0.3) is 0 Å². The van der Waals surface area contributed by atoms with Gasteiger partial charge in [-0.05, 0) is 103 Å². The highest BCUT2D eigenvalue weighted by atomic mass is 16.5. The molecule has 0 amide bonds. The van der Waals surface area contributed by atoms with Crippen molar-refractivity contribution in [1.82, 2.24) is 0 Å². The number of allylic oxidation sites excluding steroid dienone is 1. The Morgan fingerprint density at radius 1 is 0.977 bits per heavy atom. The van der Waals surface area contributed by atoms with Crippen LogP contribution in [0.5, 0.6) is 0 Å². The second-order valence-corrected chi connectivity index (χ2v) is 15.5. The molecule has 4 N–H and O–H groups in total. The lowest BCUT2D eigenvalue weighted by Gasteiger charge is -2.58. The number of nitrogen functional groups attached to an aromatic ring is 2. The summed E-state index contributed by atoms with van der Waals surface area (Å²) >= 11 is 0. The van der Waals surface area contributed by atoms with E-state index in [4.69, 9.17) is 20.9 Å². The Hall–Kier alpha value is -2.76. The summed E-state index contributed by atoms with van der Waals surface area (Å²) in [6.45, 7) is 12.4. The SMILES string of the molecule is CC(C)CCCC(C)C1CCC2C3CC=C4CC(OC(=O)/C=C\C(=O)OCc5ccc(N)cc5N)CCC4(C)C3CCC12C. The Bertz CT molecular complexity index is 1270. The van der Waals surface area contributed by atoms with E-state index in [9.17, 15) is 9.59 Å². The molecule has 3 fully saturated rings. The first-order valence-corrected chi connectivity index (χ1v) is 17.3. The van der Waals surface area contributed by atoms with Gasteiger partial charge in [-0.3, -0.25) is 0 Å². The molecule has 0 spiro atoms. The van der Waals surface area contributed by atoms with Crippen LogP contribution in [0, 0.1) is 46.3 Å². The fraction of sp³-hybridized carbons (Fsp3) is 0.684. The molecule has 242 valence electrons. The third-order valence-electron chi connectivity index (χ3n) is 12.4. The molecule has 0 aromatic heterocycles. The van der Waals surface area contributed by atoms with Crippen molar-refractivity contribution in [2.45, 2.75) is 118 Å². The minimum atomic E-state index is -0.612. The molecule has 0 aliphatic heterocycles. The average Bonchev–Trinajstić information content (AvgIpc) is 3.33. The summed E-state index contributed by atoms with van der Waals surface area (Å²) in [5, 5.41) is 0. The predicted molar refractivity (Wildman–Crippen MR) is 177 cm³/mol. The molecular formula is C38H56N2O4. The summed E-state index contributed by atoms with van der Waals surface area (Å²) in [6, 6.07) is 5.05. The molecule has 8 atom stereocenters. The second kappa shape index (κ2) is 13.3. The molecule has 3 saturated carbocycles. The molecular weight excluding hydrogens is 548 g/mol. The van der Waals surface area contributed by atoms with Gasteiger partial charge in [0.1, 0.15) is 12.7 Å². The largest absolute Gasteiger partial charge is 0.459 e. The van der Waals surface area contributed by atoms with Crippen LogP contribution in [0.25, 0.3) is 0 Å². The summed E-state index contributed by atoms with van der Waals surface area (Å²) in [7, 11) is 0. The van der Waals surface area contributed by atoms with E-state index < -0.39 is 11.9 Å². The van der Waals surface area contributed by atoms with E-state index in [0.717, 1.165) is 60.8 Å². The van der Waals surface area contributed by atoms with Crippen LogP contribution in [0.15, 0.2) is 42.0 Å². The van der Waals surface area contributed by atoms with Crippen LogP contribution < -0.4 is 11.5 Å². The van der Waals surface area contributed by atoms with Crippen LogP contribution in [0.4, 0.5) is 11.4 Å². The third-order valence-corrected chi connectivity index (χ3v) is 12.4. The first-order chi connectivity index (χ1) is 20.9. The monoisotopic (exact) mass is 604 g/mol. The Kier molecular flexibility index (Phi) is 9.87. The van der Waals surface area contributed by atoms with E-state index in [1.807, 2.05) is 0 Å². The van der Waals surface area contributed by atoms with Gasteiger partial charge in [-0.15, -0.1) is 0 Å². The van der Waals surface area contributed by atoms with E-state index in [1.165, 1.54) is 63.0 Å². The lowest BCUT2D eigenvalue weighted by Crippen LogP contribution is -2.51. The third kappa shape index (κ3) is 6.74. The van der Waals surface area contributed by atoms with Gasteiger partial charge in [0, 0.05) is 35.5 Å². The van der Waals surface area contributed by atoms with Gasteiger partial charge in [-0.2, -0.15) is 0 Å². The minimum Gasteiger partial charge on any atom is -0.459 e. The standard InChI is InChI=1S/C38H56N2O4/c1-24(2)7-6-8-25(3)31-13-14-32-30-12-10-27-21-29(17-19-37(27,4)33(30)18-20-38(31,32)5)44-36(42)16-15-35(41)43-23-26-9-11-28(39)22-34(26)40/h9-11,15-16,22,24-25,29-33H,6-8,12-14,17-21,23,39-40H2,1-5H3/b16-15-. The number of anilines is 2. The summed E-state index contributed by atoms with van der Waals surface area (Å²) in [6.07, 6.45) is 18.2. The maximum absolute atomic E-state index is 12.6. The number of hydrogen-bond donors (Lipinski definition) is 2. The normalized spacial score (nSPS) is 33.7. The minimum absolute atomic E-state index is 0.0137. The number of fused-ring (bicyclic) bond motifs is 5. The zero-order chi connectivity index (χ0) is 31.6. The van der Waals surface area contributed by atoms with E-state index in [-0.39, 0.29) is 18.1 Å². The smallest absolute Gasteiger partial charge is 0.331 e. The van der Waals surface area contributed by atoms with Crippen LogP contribution >= 0.6 is 0 Å². The Morgan fingerprint density at radius 2 is 1.75 bits per heavy atom. The van der Waals surface area contributed by atoms with Crippen molar-refractivity contribution in [2.24, 2.45) is 46.3 Å². The van der Waals surface area contributed by atoms with Crippen LogP contribution in [0.3, 0.4) is 0 Å². The number of hydrogen-bond acceptors (Lipinski definition) is 6. The molecule has 8 unspecified atom stereocenters. The van der Waals surface area contributed by atoms with Crippen LogP contribution in [-0.2, 0) is 25.7 Å². The molecule has 1 aromatic rings. The van der Waals surface area contributed by atoms with Crippen molar-refractivity contribution in [3.63, 3.8) is 0 Å². The van der Waals surface area contributed by atoms with Gasteiger partial charge in [0.15, 0.2) is 0 Å². The molecule has 4 aliphatic rings. The van der Waals surface area contributed by atoms with Crippen LogP contribution in [0.2, 0.25) is 0 Å². The number of ether oxygens (including phenoxy) is 2. The van der Waals surface area contributed by atoms with Gasteiger partial charge in [-0.1, -0.05) is 71.6 Å². The van der Waals surface area contributed by atoms with Crippen LogP contribution in [-0.4, -0.2) is 18.0 Å². The number of rotatable bonds is 10. The van der Waals surface area contributed by atoms with Crippen molar-refractivity contribution in [2.75, 3.05) is 11.5 Å². The van der Waals surface area contributed by atoms with Gasteiger partial charge < -0.3 is 20.9 Å². The molecule has 1 aromatic carbocycles. The number of carbonyl (C=O) groups is 2. The fourth-order valence-electron chi connectivity index (χ4n) is 10.0. The molecule has 0 radical (unpaired) electrons. The highest BCUT2D eigenvalue weighted by Crippen LogP contribution is 2.67. The maximum atomic E-state index is 12.6. The molecule has 0 heterocycles. The van der Waals surface area contributed by atoms with E-state index in [1.54, 1.807) is 18.2 Å². The van der Waals surface area contributed by atoms with Gasteiger partial charge in [0.2, 0.25) is 0 Å². The molecule has 44 heavy (non-hydrogen) atoms. The zero-order valence-electron chi connectivity index (χ0n) is 27.8. The van der Waals surface area contributed by atoms with Gasteiger partial charge in [0.05, 0.1) is 0 Å². The molecule has 6 nitrogen and oxygen atoms in total. The number of esters is 2. The predicted octanol–water partition coefficient (Wildman–Crippen LogP) is 8.40. The maximum Gasteiger partial charge on any atom is 0.331 e. The van der Waals surface area contributed by atoms with E-state index in [0.29, 0.717) is 22.4 Å². The molecule has 4 aliphatic carbocycles. The topological polar surface area (TPSA) is 105 Å². The van der Waals surface area contributed by atoms with Crippen molar-refractivity contribution < 1.29 is 19.1 Å². The number of carbonyl (C=O) groups excluding carboxylic acids is 2. The highest BCUT2D eigenvalue weighted by Gasteiger charge is 2.59. The van der Waals surface area contributed by atoms with Gasteiger partial charge >= 0.3 is 11.9 Å². The molecule has 6 heteroatoms. The first kappa shape index (κ1) is 32.6. The van der Waals surface area contributed by atoms with E-state index in [2.05, 4.69) is 40.7 Å². The Labute approximate surface area is 265 Å². The zero-order valence-corrected chi connectivity index (χ0v) is 27.8. The lowest BCUT2D eigenvalue weighted by atomic mass is 9.47. The summed E-state index contributed by atoms with van der Waals surface area (Å²) in [5.74, 6) is 3.75. The van der Waals surface area contributed by atoms with Gasteiger partial charge in [-0.25, -0.2) is 9.59 Å². The van der Waals surface area contributed by atoms with Crippen molar-refractivity contribution in [3.8, 4) is 0 Å². The van der Waals surface area contributed by atoms with E-state index >= 15 is 0 Å². The fourth-order valence-corrected chi connectivity index (χ4v) is 10.0. The van der Waals surface area contributed by atoms with Crippen molar-refractivity contribution in [3.05, 3.63) is 47.6 Å². The first-order valence-electron chi connectivity index (χ1n) is 17.3. The second-order valence-electron chi connectivity index (χ2n) is 15.5. The lowest BCUT2D eigenvalue weighted by molar-refractivity contribution is -0.146. The quantitative estimate of drug-likeness (QED) is 0.120.